The molecule has 0 saturated carbocycles. The summed E-state index contributed by atoms with van der Waals surface area (Å²) < 4.78 is 66.6. The lowest BCUT2D eigenvalue weighted by molar-refractivity contribution is -0.137. The molecule has 0 aromatic heterocycles. The van der Waals surface area contributed by atoms with Gasteiger partial charge in [-0.3, -0.25) is 4.79 Å². The first kappa shape index (κ1) is 21.7. The molecule has 2 aromatic carbocycles. The standard InChI is InChI=1S/C21H18ClF3N2O3S/c22-16-9-8-14(12-15(16)21(23,24)25)27-13-19(20(28)26-10-4-1-5-11-26)31(29,30)18-7-3-2-6-17(18)27/h2-3,6-9,12-13H,1,4-5,10-11H2. The van der Waals surface area contributed by atoms with Crippen molar-refractivity contribution in [1.29, 1.82) is 0 Å². The van der Waals surface area contributed by atoms with Gasteiger partial charge in [-0.15, -0.1) is 0 Å². The van der Waals surface area contributed by atoms with Gasteiger partial charge in [-0.1, -0.05) is 23.7 Å². The molecule has 164 valence electrons. The summed E-state index contributed by atoms with van der Waals surface area (Å²) in [5.41, 5.74) is -0.842. The third-order valence-electron chi connectivity index (χ3n) is 5.34. The van der Waals surface area contributed by atoms with Crippen molar-refractivity contribution >= 4 is 38.7 Å². The van der Waals surface area contributed by atoms with Crippen LogP contribution < -0.4 is 4.90 Å². The van der Waals surface area contributed by atoms with Gasteiger partial charge in [0.05, 0.1) is 21.2 Å². The van der Waals surface area contributed by atoms with Crippen LogP contribution in [0.4, 0.5) is 24.5 Å². The summed E-state index contributed by atoms with van der Waals surface area (Å²) in [6, 6.07) is 9.20. The molecule has 1 amide bonds. The second-order valence-electron chi connectivity index (χ2n) is 7.35. The molecule has 0 N–H and O–H groups in total. The number of carbonyl (C=O) groups is 1. The van der Waals surface area contributed by atoms with Gasteiger partial charge in [0, 0.05) is 25.0 Å². The Hall–Kier alpha value is -2.52. The molecule has 2 aromatic rings. The van der Waals surface area contributed by atoms with E-state index in [4.69, 9.17) is 11.6 Å². The van der Waals surface area contributed by atoms with Crippen LogP contribution in [0.5, 0.6) is 0 Å². The van der Waals surface area contributed by atoms with Gasteiger partial charge >= 0.3 is 6.18 Å². The van der Waals surface area contributed by atoms with Crippen molar-refractivity contribution in [3.63, 3.8) is 0 Å². The molecule has 2 heterocycles. The van der Waals surface area contributed by atoms with E-state index < -0.39 is 37.4 Å². The van der Waals surface area contributed by atoms with Crippen LogP contribution in [-0.2, 0) is 20.8 Å². The van der Waals surface area contributed by atoms with Gasteiger partial charge < -0.3 is 9.80 Å². The van der Waals surface area contributed by atoms with Crippen molar-refractivity contribution in [3.8, 4) is 0 Å². The maximum Gasteiger partial charge on any atom is 0.417 e. The number of nitrogens with zero attached hydrogens (tertiary/aromatic N) is 2. The first-order valence-corrected chi connectivity index (χ1v) is 11.5. The number of halogens is 4. The molecule has 2 aliphatic rings. The van der Waals surface area contributed by atoms with Gasteiger partial charge in [0.2, 0.25) is 9.84 Å². The van der Waals surface area contributed by atoms with E-state index in [1.165, 1.54) is 34.1 Å². The zero-order valence-electron chi connectivity index (χ0n) is 16.2. The lowest BCUT2D eigenvalue weighted by Crippen LogP contribution is -2.39. The highest BCUT2D eigenvalue weighted by Crippen LogP contribution is 2.43. The molecular formula is C21H18ClF3N2O3S. The van der Waals surface area contributed by atoms with Gasteiger partial charge in [-0.25, -0.2) is 8.42 Å². The van der Waals surface area contributed by atoms with E-state index in [0.717, 1.165) is 37.6 Å². The third-order valence-corrected chi connectivity index (χ3v) is 7.45. The van der Waals surface area contributed by atoms with Gasteiger partial charge in [0.1, 0.15) is 0 Å². The predicted octanol–water partition coefficient (Wildman–Crippen LogP) is 5.14. The van der Waals surface area contributed by atoms with Crippen LogP contribution in [-0.4, -0.2) is 32.3 Å². The van der Waals surface area contributed by atoms with E-state index in [1.54, 1.807) is 6.07 Å². The predicted molar refractivity (Wildman–Crippen MR) is 111 cm³/mol. The maximum atomic E-state index is 13.4. The number of anilines is 2. The minimum absolute atomic E-state index is 0.0445. The van der Waals surface area contributed by atoms with Gasteiger partial charge in [0.25, 0.3) is 5.91 Å². The average Bonchev–Trinajstić information content (AvgIpc) is 2.74. The van der Waals surface area contributed by atoms with Crippen LogP contribution in [0.15, 0.2) is 58.5 Å². The minimum atomic E-state index is -4.69. The molecule has 4 rings (SSSR count). The van der Waals surface area contributed by atoms with Crippen molar-refractivity contribution in [1.82, 2.24) is 4.90 Å². The number of sulfone groups is 1. The van der Waals surface area contributed by atoms with Crippen molar-refractivity contribution in [2.75, 3.05) is 18.0 Å². The zero-order chi connectivity index (χ0) is 22.4. The molecule has 1 saturated heterocycles. The van der Waals surface area contributed by atoms with E-state index >= 15 is 0 Å². The number of fused-ring (bicyclic) bond motifs is 1. The summed E-state index contributed by atoms with van der Waals surface area (Å²) in [5.74, 6) is -0.649. The number of carbonyl (C=O) groups excluding carboxylic acids is 1. The maximum absolute atomic E-state index is 13.4. The fourth-order valence-corrected chi connectivity index (χ4v) is 5.54. The van der Waals surface area contributed by atoms with Crippen LogP contribution in [0.3, 0.4) is 0 Å². The number of hydrogen-bond donors (Lipinski definition) is 0. The van der Waals surface area contributed by atoms with E-state index in [0.29, 0.717) is 13.1 Å². The summed E-state index contributed by atoms with van der Waals surface area (Å²) in [7, 11) is -4.14. The monoisotopic (exact) mass is 470 g/mol. The third kappa shape index (κ3) is 3.92. The minimum Gasteiger partial charge on any atom is -0.338 e. The molecule has 0 unspecified atom stereocenters. The highest BCUT2D eigenvalue weighted by Gasteiger charge is 2.39. The van der Waals surface area contributed by atoms with E-state index in [2.05, 4.69) is 0 Å². The molecule has 2 aliphatic heterocycles. The highest BCUT2D eigenvalue weighted by molar-refractivity contribution is 7.96. The molecule has 10 heteroatoms. The summed E-state index contributed by atoms with van der Waals surface area (Å²) in [4.78, 5) is 15.3. The Kier molecular flexibility index (Phi) is 5.51. The van der Waals surface area contributed by atoms with Crippen LogP contribution >= 0.6 is 11.6 Å². The van der Waals surface area contributed by atoms with Crippen LogP contribution in [0.2, 0.25) is 5.02 Å². The molecule has 0 radical (unpaired) electrons. The second kappa shape index (κ2) is 7.87. The number of alkyl halides is 3. The molecule has 0 bridgehead atoms. The molecule has 0 spiro atoms. The Bertz CT molecular complexity index is 1170. The lowest BCUT2D eigenvalue weighted by atomic mass is 10.1. The first-order chi connectivity index (χ1) is 14.6. The number of piperidine rings is 1. The normalized spacial score (nSPS) is 18.4. The summed E-state index contributed by atoms with van der Waals surface area (Å²) in [5, 5.41) is -0.470. The molecule has 1 fully saturated rings. The van der Waals surface area contributed by atoms with Crippen molar-refractivity contribution in [2.24, 2.45) is 0 Å². The van der Waals surface area contributed by atoms with Crippen LogP contribution in [0.1, 0.15) is 24.8 Å². The molecule has 5 nitrogen and oxygen atoms in total. The highest BCUT2D eigenvalue weighted by atomic mass is 35.5. The SMILES string of the molecule is O=C(C1=CN(c2ccc(Cl)c(C(F)(F)F)c2)c2ccccc2S1(=O)=O)N1CCCCC1. The number of amides is 1. The first-order valence-electron chi connectivity index (χ1n) is 9.62. The van der Waals surface area contributed by atoms with E-state index in [-0.39, 0.29) is 16.3 Å². The van der Waals surface area contributed by atoms with Crippen molar-refractivity contribution in [2.45, 2.75) is 30.3 Å². The molecule has 31 heavy (non-hydrogen) atoms. The Morgan fingerprint density at radius 2 is 1.68 bits per heavy atom. The largest absolute Gasteiger partial charge is 0.417 e. The Morgan fingerprint density at radius 1 is 1.00 bits per heavy atom. The van der Waals surface area contributed by atoms with Crippen LogP contribution in [0, 0.1) is 0 Å². The molecule has 0 aliphatic carbocycles. The quantitative estimate of drug-likeness (QED) is 0.610. The molecular weight excluding hydrogens is 453 g/mol. The van der Waals surface area contributed by atoms with E-state index in [9.17, 15) is 26.4 Å². The fourth-order valence-electron chi connectivity index (χ4n) is 3.78. The smallest absolute Gasteiger partial charge is 0.338 e. The molecule has 0 atom stereocenters. The van der Waals surface area contributed by atoms with Gasteiger partial charge in [-0.2, -0.15) is 13.2 Å². The number of para-hydroxylation sites is 1. The van der Waals surface area contributed by atoms with Gasteiger partial charge in [0.15, 0.2) is 4.91 Å². The summed E-state index contributed by atoms with van der Waals surface area (Å²) in [6.45, 7) is 0.874. The topological polar surface area (TPSA) is 57.7 Å². The summed E-state index contributed by atoms with van der Waals surface area (Å²) in [6.07, 6.45) is -1.09. The number of hydrogen-bond acceptors (Lipinski definition) is 4. The lowest BCUT2D eigenvalue weighted by Gasteiger charge is -2.32. The van der Waals surface area contributed by atoms with Gasteiger partial charge in [-0.05, 0) is 49.6 Å². The zero-order valence-corrected chi connectivity index (χ0v) is 17.8. The van der Waals surface area contributed by atoms with Crippen LogP contribution in [0.25, 0.3) is 0 Å². The summed E-state index contributed by atoms with van der Waals surface area (Å²) >= 11 is 5.74. The van der Waals surface area contributed by atoms with Crippen molar-refractivity contribution in [3.05, 3.63) is 64.2 Å². The Labute approximate surface area is 182 Å². The number of benzene rings is 2. The van der Waals surface area contributed by atoms with E-state index in [1.807, 2.05) is 0 Å². The Morgan fingerprint density at radius 3 is 2.35 bits per heavy atom. The second-order valence-corrected chi connectivity index (χ2v) is 9.64. The van der Waals surface area contributed by atoms with Crippen molar-refractivity contribution < 1.29 is 26.4 Å². The number of rotatable bonds is 2. The average molecular weight is 471 g/mol. The Balaban J connectivity index is 1.88. The number of likely N-dealkylation sites (tertiary alicyclic amines) is 1. The fraction of sp³-hybridized carbons (Fsp3) is 0.286.